The number of rotatable bonds is 2. The van der Waals surface area contributed by atoms with Crippen molar-refractivity contribution in [1.82, 2.24) is 5.32 Å². The fraction of sp³-hybridized carbons (Fsp3) is 0.556. The smallest absolute Gasteiger partial charge is 0.412 e. The van der Waals surface area contributed by atoms with Crippen LogP contribution in [0.4, 0.5) is 4.79 Å². The van der Waals surface area contributed by atoms with Crippen LogP contribution in [0, 0.1) is 0 Å². The number of hydrazone groups is 1. The summed E-state index contributed by atoms with van der Waals surface area (Å²) in [5.74, 6) is 4.94. The molecule has 0 aliphatic rings. The second-order valence-electron chi connectivity index (χ2n) is 3.65. The Kier molecular flexibility index (Phi) is 4.69. The highest BCUT2D eigenvalue weighted by atomic mass is 16.6. The average Bonchev–Trinajstić information content (AvgIpc) is 2.00. The summed E-state index contributed by atoms with van der Waals surface area (Å²) in [4.78, 5) is 11.2. The lowest BCUT2D eigenvalue weighted by atomic mass is 10.2. The summed E-state index contributed by atoms with van der Waals surface area (Å²) in [6.07, 6.45) is 2.48. The van der Waals surface area contributed by atoms with Crippen molar-refractivity contribution in [3.8, 4) is 0 Å². The molecule has 5 heteroatoms. The first kappa shape index (κ1) is 12.5. The number of nitrogens with one attached hydrogen (secondary N) is 1. The summed E-state index contributed by atoms with van der Waals surface area (Å²) < 4.78 is 5.02. The minimum absolute atomic E-state index is 0.502. The number of hydrogen-bond donors (Lipinski definition) is 2. The molecule has 5 nitrogen and oxygen atoms in total. The fourth-order valence-corrected chi connectivity index (χ4v) is 0.681. The summed E-state index contributed by atoms with van der Waals surface area (Å²) >= 11 is 0. The molecule has 0 bridgehead atoms. The Hall–Kier alpha value is -1.52. The van der Waals surface area contributed by atoms with E-state index in [1.54, 1.807) is 33.8 Å². The number of carbonyl (C=O) groups excluding carboxylic acids is 1. The molecule has 0 saturated heterocycles. The Morgan fingerprint density at radius 1 is 1.50 bits per heavy atom. The van der Waals surface area contributed by atoms with Gasteiger partial charge in [0, 0.05) is 0 Å². The number of nitrogens with two attached hydrogens (primary N) is 1. The van der Waals surface area contributed by atoms with Crippen LogP contribution in [0.15, 0.2) is 16.9 Å². The number of nitrogens with zero attached hydrogens (tertiary/aromatic N) is 1. The van der Waals surface area contributed by atoms with Crippen molar-refractivity contribution in [2.45, 2.75) is 33.3 Å². The number of allylic oxidation sites excluding steroid dienone is 2. The van der Waals surface area contributed by atoms with Crippen molar-refractivity contribution >= 4 is 12.3 Å². The zero-order valence-electron chi connectivity index (χ0n) is 9.00. The van der Waals surface area contributed by atoms with Crippen LogP contribution in [-0.2, 0) is 4.74 Å². The first-order valence-electron chi connectivity index (χ1n) is 4.28. The molecule has 3 N–H and O–H groups in total. The van der Waals surface area contributed by atoms with Gasteiger partial charge in [-0.25, -0.2) is 4.79 Å². The summed E-state index contributed by atoms with van der Waals surface area (Å²) in [6.45, 7) is 7.13. The minimum atomic E-state index is -0.523. The summed E-state index contributed by atoms with van der Waals surface area (Å²) in [6, 6.07) is 0. The lowest BCUT2D eigenvalue weighted by Gasteiger charge is -2.19. The number of alkyl carbamates (subject to hydrolysis) is 1. The lowest BCUT2D eigenvalue weighted by Crippen LogP contribution is -2.32. The first-order chi connectivity index (χ1) is 6.39. The SMILES string of the molecule is C/C=C(/C=N\N)NC(=O)OC(C)(C)C. The van der Waals surface area contributed by atoms with Gasteiger partial charge in [0.15, 0.2) is 0 Å². The van der Waals surface area contributed by atoms with Gasteiger partial charge < -0.3 is 10.6 Å². The van der Waals surface area contributed by atoms with Gasteiger partial charge in [0.25, 0.3) is 0 Å². The second kappa shape index (κ2) is 5.26. The normalized spacial score (nSPS) is 13.0. The molecule has 0 saturated carbocycles. The van der Waals surface area contributed by atoms with Crippen LogP contribution in [0.5, 0.6) is 0 Å². The van der Waals surface area contributed by atoms with Crippen molar-refractivity contribution < 1.29 is 9.53 Å². The largest absolute Gasteiger partial charge is 0.444 e. The lowest BCUT2D eigenvalue weighted by molar-refractivity contribution is 0.0549. The van der Waals surface area contributed by atoms with Gasteiger partial charge >= 0.3 is 6.09 Å². The zero-order valence-corrected chi connectivity index (χ0v) is 9.00. The molecule has 1 amide bonds. The molecule has 0 aliphatic heterocycles. The van der Waals surface area contributed by atoms with Crippen molar-refractivity contribution in [1.29, 1.82) is 0 Å². The molecule has 14 heavy (non-hydrogen) atoms. The number of hydrogen-bond acceptors (Lipinski definition) is 4. The van der Waals surface area contributed by atoms with Crippen molar-refractivity contribution in [3.05, 3.63) is 11.8 Å². The van der Waals surface area contributed by atoms with Crippen molar-refractivity contribution in [3.63, 3.8) is 0 Å². The van der Waals surface area contributed by atoms with E-state index in [2.05, 4.69) is 10.4 Å². The van der Waals surface area contributed by atoms with Gasteiger partial charge in [-0.3, -0.25) is 5.32 Å². The molecule has 0 unspecified atom stereocenters. The predicted octanol–water partition coefficient (Wildman–Crippen LogP) is 1.36. The molecular formula is C9H17N3O2. The molecule has 0 aliphatic carbocycles. The van der Waals surface area contributed by atoms with Gasteiger partial charge in [-0.15, -0.1) is 0 Å². The Labute approximate surface area is 84.0 Å². The standard InChI is InChI=1S/C9H17N3O2/c1-5-7(6-11-10)12-8(13)14-9(2,3)4/h5-6H,10H2,1-4H3,(H,12,13)/b7-5-,11-6-. The highest BCUT2D eigenvalue weighted by Gasteiger charge is 2.16. The van der Waals surface area contributed by atoms with E-state index in [9.17, 15) is 4.79 Å². The first-order valence-corrected chi connectivity index (χ1v) is 4.28. The van der Waals surface area contributed by atoms with Gasteiger partial charge in [0.2, 0.25) is 0 Å². The quantitative estimate of drug-likeness (QED) is 0.400. The molecule has 0 rings (SSSR count). The highest BCUT2D eigenvalue weighted by molar-refractivity contribution is 5.84. The monoisotopic (exact) mass is 199 g/mol. The van der Waals surface area contributed by atoms with Gasteiger partial charge in [-0.1, -0.05) is 6.08 Å². The molecule has 0 spiro atoms. The fourth-order valence-electron chi connectivity index (χ4n) is 0.681. The van der Waals surface area contributed by atoms with Gasteiger partial charge in [0.05, 0.1) is 11.9 Å². The topological polar surface area (TPSA) is 76.7 Å². The maximum absolute atomic E-state index is 11.2. The number of amides is 1. The average molecular weight is 199 g/mol. The van der Waals surface area contributed by atoms with E-state index >= 15 is 0 Å². The van der Waals surface area contributed by atoms with Crippen LogP contribution in [-0.4, -0.2) is 17.9 Å². The van der Waals surface area contributed by atoms with Crippen LogP contribution in [0.25, 0.3) is 0 Å². The summed E-state index contributed by atoms with van der Waals surface area (Å²) in [5.41, 5.74) is -0.00950. The molecule has 0 aromatic rings. The number of carbonyl (C=O) groups is 1. The van der Waals surface area contributed by atoms with E-state index in [0.29, 0.717) is 5.70 Å². The third kappa shape index (κ3) is 6.05. The van der Waals surface area contributed by atoms with E-state index in [1.807, 2.05) is 0 Å². The van der Waals surface area contributed by atoms with Crippen molar-refractivity contribution in [2.24, 2.45) is 10.9 Å². The molecule has 0 atom stereocenters. The second-order valence-corrected chi connectivity index (χ2v) is 3.65. The van der Waals surface area contributed by atoms with E-state index < -0.39 is 11.7 Å². The Morgan fingerprint density at radius 3 is 2.43 bits per heavy atom. The minimum Gasteiger partial charge on any atom is -0.444 e. The Morgan fingerprint density at radius 2 is 2.07 bits per heavy atom. The van der Waals surface area contributed by atoms with Crippen LogP contribution in [0.2, 0.25) is 0 Å². The molecule has 0 fully saturated rings. The molecule has 0 aromatic heterocycles. The van der Waals surface area contributed by atoms with Crippen molar-refractivity contribution in [2.75, 3.05) is 0 Å². The maximum atomic E-state index is 11.2. The molecule has 0 radical (unpaired) electrons. The van der Waals surface area contributed by atoms with Crippen LogP contribution in [0.3, 0.4) is 0 Å². The number of ether oxygens (including phenoxy) is 1. The van der Waals surface area contributed by atoms with Gasteiger partial charge in [0.1, 0.15) is 5.60 Å². The van der Waals surface area contributed by atoms with E-state index in [-0.39, 0.29) is 0 Å². The third-order valence-electron chi connectivity index (χ3n) is 1.17. The Bertz CT molecular complexity index is 251. The van der Waals surface area contributed by atoms with E-state index in [0.717, 1.165) is 0 Å². The molecule has 0 heterocycles. The highest BCUT2D eigenvalue weighted by Crippen LogP contribution is 2.06. The molecular weight excluding hydrogens is 182 g/mol. The third-order valence-corrected chi connectivity index (χ3v) is 1.17. The van der Waals surface area contributed by atoms with Gasteiger partial charge in [-0.2, -0.15) is 5.10 Å². The summed E-state index contributed by atoms with van der Waals surface area (Å²) in [7, 11) is 0. The zero-order chi connectivity index (χ0) is 11.2. The maximum Gasteiger partial charge on any atom is 0.412 e. The van der Waals surface area contributed by atoms with Crippen LogP contribution >= 0.6 is 0 Å². The van der Waals surface area contributed by atoms with Gasteiger partial charge in [-0.05, 0) is 27.7 Å². The van der Waals surface area contributed by atoms with E-state index in [1.165, 1.54) is 6.21 Å². The Balaban J connectivity index is 4.19. The van der Waals surface area contributed by atoms with Crippen LogP contribution in [0.1, 0.15) is 27.7 Å². The summed E-state index contributed by atoms with van der Waals surface area (Å²) in [5, 5.41) is 5.79. The van der Waals surface area contributed by atoms with E-state index in [4.69, 9.17) is 10.6 Å². The molecule has 80 valence electrons. The van der Waals surface area contributed by atoms with Crippen LogP contribution < -0.4 is 11.2 Å². The molecule has 0 aromatic carbocycles. The predicted molar refractivity (Wildman–Crippen MR) is 55.8 cm³/mol.